The zero-order valence-corrected chi connectivity index (χ0v) is 68.2. The van der Waals surface area contributed by atoms with E-state index in [1.165, 1.54) is 80.8 Å². The van der Waals surface area contributed by atoms with Crippen LogP contribution in [0.2, 0.25) is 0 Å². The second-order valence-electron chi connectivity index (χ2n) is 30.9. The molecule has 0 saturated heterocycles. The quantitative estimate of drug-likeness (QED) is 0.0572. The van der Waals surface area contributed by atoms with Gasteiger partial charge in [-0.15, -0.1) is 6.58 Å². The van der Waals surface area contributed by atoms with E-state index in [1.807, 2.05) is 82.3 Å². The van der Waals surface area contributed by atoms with E-state index in [0.29, 0.717) is 46.5 Å². The van der Waals surface area contributed by atoms with E-state index in [-0.39, 0.29) is 37.6 Å². The largest absolute Gasteiger partial charge is 0.465 e. The predicted octanol–water partition coefficient (Wildman–Crippen LogP) is 28.7. The molecule has 0 bridgehead atoms. The van der Waals surface area contributed by atoms with Gasteiger partial charge in [0.2, 0.25) is 10.0 Å². The second kappa shape index (κ2) is 60.6. The minimum atomic E-state index is -4.23. The Balaban J connectivity index is -0.000000188. The minimum absolute atomic E-state index is 0. The van der Waals surface area contributed by atoms with Gasteiger partial charge in [-0.1, -0.05) is 330 Å². The van der Waals surface area contributed by atoms with Crippen molar-refractivity contribution in [3.8, 4) is 0 Å². The van der Waals surface area contributed by atoms with Crippen LogP contribution in [0.1, 0.15) is 314 Å². The van der Waals surface area contributed by atoms with Crippen molar-refractivity contribution in [2.45, 2.75) is 282 Å². The number of halogens is 5. The third-order valence-electron chi connectivity index (χ3n) is 14.3. The zero-order chi connectivity index (χ0) is 76.9. The molecular weight excluding hydrogens is 1250 g/mol. The van der Waals surface area contributed by atoms with Gasteiger partial charge in [0.1, 0.15) is 5.82 Å². The summed E-state index contributed by atoms with van der Waals surface area (Å²) in [5, 5.41) is 0. The molecule has 5 aromatic rings. The van der Waals surface area contributed by atoms with Gasteiger partial charge in [-0.2, -0.15) is 13.2 Å². The topological polar surface area (TPSA) is 72.5 Å². The number of esters is 1. The summed E-state index contributed by atoms with van der Waals surface area (Å²) in [6.07, 6.45) is 4.96. The summed E-state index contributed by atoms with van der Waals surface area (Å²) in [4.78, 5) is 11.1. The van der Waals surface area contributed by atoms with Crippen LogP contribution < -0.4 is 4.72 Å². The molecule has 0 atom stereocenters. The number of nitrogens with one attached hydrogen (secondary N) is 1. The number of hydrogen-bond acceptors (Lipinski definition) is 4. The molecule has 0 unspecified atom stereocenters. The highest BCUT2D eigenvalue weighted by molar-refractivity contribution is 7.88. The number of hydrogen-bond donors (Lipinski definition) is 1. The van der Waals surface area contributed by atoms with Gasteiger partial charge in [0.15, 0.2) is 0 Å². The van der Waals surface area contributed by atoms with Crippen molar-refractivity contribution in [3.05, 3.63) is 191 Å². The fourth-order valence-corrected chi connectivity index (χ4v) is 8.82. The molecule has 1 N–H and O–H groups in total. The number of ether oxygens (including phenoxy) is 1. The van der Waals surface area contributed by atoms with E-state index in [4.69, 9.17) is 0 Å². The molecular formula is C87H150F5NO4S. The lowest BCUT2D eigenvalue weighted by molar-refractivity contribution is -0.137. The van der Waals surface area contributed by atoms with Crippen LogP contribution in [0.3, 0.4) is 0 Å². The van der Waals surface area contributed by atoms with E-state index in [1.54, 1.807) is 30.3 Å². The van der Waals surface area contributed by atoms with Crippen LogP contribution in [0.15, 0.2) is 146 Å². The summed E-state index contributed by atoms with van der Waals surface area (Å²) in [7, 11) is -0.320. The Bertz CT molecular complexity index is 2670. The van der Waals surface area contributed by atoms with Gasteiger partial charge in [0, 0.05) is 0 Å². The van der Waals surface area contributed by atoms with Crippen molar-refractivity contribution in [1.82, 2.24) is 4.72 Å². The molecule has 0 aliphatic carbocycles. The minimum Gasteiger partial charge on any atom is -0.465 e. The Morgan fingerprint density at radius 2 is 0.908 bits per heavy atom. The van der Waals surface area contributed by atoms with Crippen LogP contribution in [0.25, 0.3) is 0 Å². The average molecular weight is 1400 g/mol. The van der Waals surface area contributed by atoms with Crippen LogP contribution in [0.4, 0.5) is 22.0 Å². The standard InChI is InChI=1S/C11H14O2.C10H11F3.C9H11F.C9H12.C8H11NO2S.C8H18.2C7H16.C6H14.C6H12.C5H11F.CH4/c1-8(2)9-4-6-10(7-5-9)11(12)13-3;1-7(2)8-4-3-5-9(6-8)10(11,12)13;1-7(2)8-3-5-9(10)6-4-8;1-8(2)9-6-4-3-5-7-9;1-9-12(10,11)7-8-5-3-2-4-6-8;1-7(2)6-8(3,4)5;1-6(2)7(3,4)5;1-6(2)5-7(3)4;2*1-4-5-6(2)3;1-5(2)3-4-6;/h4-8H,1-3H3;3-7H,1-2H3;3-7H,1-2H3;3-8H,1-2H3;2-6,9H,7H2,1H3;7H,6H2,1-5H3;6H,1-5H3;6-7H,5H2,1-4H3;6H,4-5H2,1-3H3;4,6H,1,5H2,2-3H3;5H,3-4H2,1-2H3;1H4. The molecule has 5 rings (SSSR count). The molecule has 0 heterocycles. The summed E-state index contributed by atoms with van der Waals surface area (Å²) in [6, 6.07) is 39.2. The van der Waals surface area contributed by atoms with Gasteiger partial charge in [0.25, 0.3) is 0 Å². The maximum Gasteiger partial charge on any atom is 0.416 e. The molecule has 568 valence electrons. The molecule has 0 aromatic heterocycles. The van der Waals surface area contributed by atoms with Crippen LogP contribution >= 0.6 is 0 Å². The lowest BCUT2D eigenvalue weighted by Gasteiger charge is -2.22. The lowest BCUT2D eigenvalue weighted by atomic mass is 9.84. The number of carbonyl (C=O) groups is 1. The Hall–Kier alpha value is -5.13. The molecule has 98 heavy (non-hydrogen) atoms. The summed E-state index contributed by atoms with van der Waals surface area (Å²) in [6.45, 7) is 66.9. The van der Waals surface area contributed by atoms with Gasteiger partial charge in [-0.25, -0.2) is 22.3 Å². The summed E-state index contributed by atoms with van der Waals surface area (Å²) in [5.41, 5.74) is 6.40. The number of alkyl halides is 4. The van der Waals surface area contributed by atoms with Crippen LogP contribution in [-0.4, -0.2) is 35.2 Å². The first-order chi connectivity index (χ1) is 44.5. The Kier molecular flexibility index (Phi) is 65.8. The molecule has 0 aliphatic heterocycles. The smallest absolute Gasteiger partial charge is 0.416 e. The van der Waals surface area contributed by atoms with E-state index in [9.17, 15) is 35.2 Å². The van der Waals surface area contributed by atoms with Crippen molar-refractivity contribution in [2.24, 2.45) is 52.3 Å². The van der Waals surface area contributed by atoms with E-state index in [0.717, 1.165) is 59.1 Å². The van der Waals surface area contributed by atoms with E-state index in [2.05, 4.69) is 213 Å². The fraction of sp³-hybridized carbons (Fsp3) is 0.621. The Morgan fingerprint density at radius 3 is 1.13 bits per heavy atom. The van der Waals surface area contributed by atoms with Crippen molar-refractivity contribution >= 4 is 16.0 Å². The summed E-state index contributed by atoms with van der Waals surface area (Å²) in [5.74, 6) is 6.96. The number of benzene rings is 5. The highest BCUT2D eigenvalue weighted by Gasteiger charge is 2.30. The number of rotatable bonds is 17. The number of sulfonamides is 1. The summed E-state index contributed by atoms with van der Waals surface area (Å²) >= 11 is 0. The molecule has 5 nitrogen and oxygen atoms in total. The maximum atomic E-state index is 12.4. The molecule has 0 fully saturated rings. The van der Waals surface area contributed by atoms with Crippen molar-refractivity contribution < 1.29 is 39.9 Å². The normalized spacial score (nSPS) is 10.9. The lowest BCUT2D eigenvalue weighted by Crippen LogP contribution is -2.20. The third kappa shape index (κ3) is 72.1. The first-order valence-corrected chi connectivity index (χ1v) is 37.4. The van der Waals surface area contributed by atoms with Gasteiger partial charge in [-0.3, -0.25) is 4.39 Å². The Labute approximate surface area is 603 Å². The fourth-order valence-electron chi connectivity index (χ4n) is 8.04. The average Bonchev–Trinajstić information content (AvgIpc) is 0.995. The van der Waals surface area contributed by atoms with Crippen LogP contribution in [0, 0.1) is 58.1 Å². The molecule has 0 saturated carbocycles. The molecule has 0 amide bonds. The van der Waals surface area contributed by atoms with Crippen LogP contribution in [0.5, 0.6) is 0 Å². The molecule has 0 aliphatic rings. The highest BCUT2D eigenvalue weighted by Crippen LogP contribution is 2.31. The van der Waals surface area contributed by atoms with Crippen molar-refractivity contribution in [1.29, 1.82) is 0 Å². The third-order valence-corrected chi connectivity index (χ3v) is 15.6. The molecule has 11 heteroatoms. The first kappa shape index (κ1) is 106. The number of methoxy groups -OCH3 is 1. The molecule has 0 radical (unpaired) electrons. The number of allylic oxidation sites excluding steroid dienone is 1. The van der Waals surface area contributed by atoms with Gasteiger partial charge in [0.05, 0.1) is 30.7 Å². The Morgan fingerprint density at radius 1 is 0.531 bits per heavy atom. The van der Waals surface area contributed by atoms with Crippen molar-refractivity contribution in [3.63, 3.8) is 0 Å². The molecule has 0 spiro atoms. The highest BCUT2D eigenvalue weighted by atomic mass is 32.2. The monoisotopic (exact) mass is 1400 g/mol. The van der Waals surface area contributed by atoms with Crippen LogP contribution in [-0.2, 0) is 26.7 Å². The van der Waals surface area contributed by atoms with E-state index >= 15 is 0 Å². The first-order valence-electron chi connectivity index (χ1n) is 35.8. The maximum absolute atomic E-state index is 12.4. The molecule has 5 aromatic carbocycles. The number of carbonyl (C=O) groups excluding carboxylic acids is 1. The van der Waals surface area contributed by atoms with Gasteiger partial charge in [-0.05, 0) is 167 Å². The summed E-state index contributed by atoms with van der Waals surface area (Å²) < 4.78 is 89.3. The second-order valence-corrected chi connectivity index (χ2v) is 32.9. The van der Waals surface area contributed by atoms with Gasteiger partial charge >= 0.3 is 12.1 Å². The zero-order valence-electron chi connectivity index (χ0n) is 67.4. The predicted molar refractivity (Wildman–Crippen MR) is 426 cm³/mol. The van der Waals surface area contributed by atoms with Crippen molar-refractivity contribution in [2.75, 3.05) is 20.8 Å². The van der Waals surface area contributed by atoms with Gasteiger partial charge < -0.3 is 4.74 Å². The van der Waals surface area contributed by atoms with E-state index < -0.39 is 21.8 Å². The SMILES string of the molecule is C.C=CCC(C)C.CC(C)C(C)(C)C.CC(C)CC(C)(C)C.CC(C)CC(C)C.CC(C)CCF.CC(C)c1ccc(F)cc1.CC(C)c1cccc(C(F)(F)F)c1.CC(C)c1ccccc1.CCCC(C)C.CNS(=O)(=O)Cc1ccccc1.COC(=O)c1ccc(C(C)C)cc1.